The molecule has 0 radical (unpaired) electrons. The number of aromatic nitrogens is 2. The molecule has 1 aromatic carbocycles. The van der Waals surface area contributed by atoms with Crippen molar-refractivity contribution in [2.75, 3.05) is 13.1 Å². The summed E-state index contributed by atoms with van der Waals surface area (Å²) in [6.45, 7) is 8.28. The molecule has 0 aliphatic carbocycles. The summed E-state index contributed by atoms with van der Waals surface area (Å²) in [7, 11) is 0. The van der Waals surface area contributed by atoms with Crippen molar-refractivity contribution in [1.82, 2.24) is 20.6 Å². The first kappa shape index (κ1) is 19.1. The Balaban J connectivity index is 1.53. The maximum Gasteiger partial charge on any atom is 0.226 e. The van der Waals surface area contributed by atoms with E-state index in [1.807, 2.05) is 18.3 Å². The number of hydrogen-bond donors (Lipinski definition) is 2. The lowest BCUT2D eigenvalue weighted by Crippen LogP contribution is -2.38. The maximum atomic E-state index is 5.61. The van der Waals surface area contributed by atoms with E-state index >= 15 is 0 Å². The molecule has 0 amide bonds. The molecule has 7 heteroatoms. The lowest BCUT2D eigenvalue weighted by atomic mass is 10.1. The van der Waals surface area contributed by atoms with Crippen LogP contribution in [0, 0.1) is 13.8 Å². The molecule has 2 N–H and O–H groups in total. The molecule has 2 heterocycles. The van der Waals surface area contributed by atoms with Crippen LogP contribution in [-0.4, -0.2) is 29.0 Å². The summed E-state index contributed by atoms with van der Waals surface area (Å²) in [5.74, 6) is 1.44. The Hall–Kier alpha value is -2.67. The zero-order valence-electron chi connectivity index (χ0n) is 16.0. The van der Waals surface area contributed by atoms with Crippen LogP contribution in [0.2, 0.25) is 0 Å². The second-order valence-corrected chi connectivity index (χ2v) is 7.57. The van der Waals surface area contributed by atoms with E-state index in [-0.39, 0.29) is 0 Å². The second-order valence-electron chi connectivity index (χ2n) is 6.25. The van der Waals surface area contributed by atoms with Gasteiger partial charge in [-0.25, -0.2) is 15.0 Å². The highest BCUT2D eigenvalue weighted by molar-refractivity contribution is 7.11. The third-order valence-electron chi connectivity index (χ3n) is 3.91. The van der Waals surface area contributed by atoms with Gasteiger partial charge in [0, 0.05) is 36.1 Å². The normalized spacial score (nSPS) is 11.6. The van der Waals surface area contributed by atoms with E-state index in [2.05, 4.69) is 58.5 Å². The van der Waals surface area contributed by atoms with E-state index < -0.39 is 0 Å². The Kier molecular flexibility index (Phi) is 6.59. The first-order valence-electron chi connectivity index (χ1n) is 9.09. The summed E-state index contributed by atoms with van der Waals surface area (Å²) in [6.07, 6.45) is 4.36. The van der Waals surface area contributed by atoms with Crippen LogP contribution >= 0.6 is 11.3 Å². The number of oxazole rings is 1. The van der Waals surface area contributed by atoms with Gasteiger partial charge in [0.25, 0.3) is 0 Å². The zero-order valence-corrected chi connectivity index (χ0v) is 16.8. The van der Waals surface area contributed by atoms with E-state index in [0.29, 0.717) is 12.4 Å². The van der Waals surface area contributed by atoms with Crippen molar-refractivity contribution in [3.8, 4) is 11.5 Å². The van der Waals surface area contributed by atoms with E-state index in [0.717, 1.165) is 41.7 Å². The van der Waals surface area contributed by atoms with Gasteiger partial charge < -0.3 is 15.1 Å². The SMILES string of the molecule is CCNC(=NCc1ncc(C)s1)NCCc1coc(-c2ccc(C)cc2)n1. The molecule has 3 rings (SSSR count). The molecule has 3 aromatic rings. The van der Waals surface area contributed by atoms with Gasteiger partial charge in [0.1, 0.15) is 11.3 Å². The Labute approximate surface area is 163 Å². The molecule has 0 fully saturated rings. The first-order chi connectivity index (χ1) is 13.1. The first-order valence-corrected chi connectivity index (χ1v) is 9.90. The van der Waals surface area contributed by atoms with Crippen molar-refractivity contribution in [3.63, 3.8) is 0 Å². The Morgan fingerprint density at radius 1 is 1.19 bits per heavy atom. The predicted octanol–water partition coefficient (Wildman–Crippen LogP) is 3.71. The number of benzene rings is 1. The van der Waals surface area contributed by atoms with Gasteiger partial charge in [0.2, 0.25) is 5.89 Å². The summed E-state index contributed by atoms with van der Waals surface area (Å²) in [4.78, 5) is 14.7. The van der Waals surface area contributed by atoms with Crippen LogP contribution in [0.1, 0.15) is 28.1 Å². The molecule has 0 aliphatic rings. The van der Waals surface area contributed by atoms with Gasteiger partial charge in [-0.3, -0.25) is 0 Å². The minimum atomic E-state index is 0.579. The van der Waals surface area contributed by atoms with Crippen LogP contribution < -0.4 is 10.6 Å². The van der Waals surface area contributed by atoms with Crippen molar-refractivity contribution < 1.29 is 4.42 Å². The summed E-state index contributed by atoms with van der Waals surface area (Å²) >= 11 is 1.67. The minimum Gasteiger partial charge on any atom is -0.444 e. The Morgan fingerprint density at radius 3 is 2.70 bits per heavy atom. The molecule has 142 valence electrons. The van der Waals surface area contributed by atoms with Crippen LogP contribution in [0.15, 0.2) is 46.1 Å². The third-order valence-corrected chi connectivity index (χ3v) is 4.81. The molecule has 0 bridgehead atoms. The lowest BCUT2D eigenvalue weighted by molar-refractivity contribution is 0.572. The standard InChI is InChI=1S/C20H25N5OS/c1-4-21-20(24-12-18-23-11-15(3)27-18)22-10-9-17-13-26-19(25-17)16-7-5-14(2)6-8-16/h5-8,11,13H,4,9-10,12H2,1-3H3,(H2,21,22,24). The quantitative estimate of drug-likeness (QED) is 0.480. The number of hydrogen-bond acceptors (Lipinski definition) is 5. The number of nitrogens with one attached hydrogen (secondary N) is 2. The molecule has 0 saturated carbocycles. The van der Waals surface area contributed by atoms with Gasteiger partial charge in [0.05, 0.1) is 12.2 Å². The van der Waals surface area contributed by atoms with Gasteiger partial charge >= 0.3 is 0 Å². The number of rotatable bonds is 7. The Bertz CT molecular complexity index is 882. The molecule has 0 atom stereocenters. The smallest absolute Gasteiger partial charge is 0.226 e. The van der Waals surface area contributed by atoms with E-state index in [1.54, 1.807) is 17.6 Å². The number of nitrogens with zero attached hydrogens (tertiary/aromatic N) is 3. The molecular formula is C20H25N5OS. The maximum absolute atomic E-state index is 5.61. The molecule has 0 unspecified atom stereocenters. The minimum absolute atomic E-state index is 0.579. The lowest BCUT2D eigenvalue weighted by Gasteiger charge is -2.10. The van der Waals surface area contributed by atoms with Gasteiger partial charge in [-0.15, -0.1) is 11.3 Å². The largest absolute Gasteiger partial charge is 0.444 e. The highest BCUT2D eigenvalue weighted by Crippen LogP contribution is 2.19. The van der Waals surface area contributed by atoms with Gasteiger partial charge in [0.15, 0.2) is 5.96 Å². The van der Waals surface area contributed by atoms with Crippen molar-refractivity contribution in [2.24, 2.45) is 4.99 Å². The third kappa shape index (κ3) is 5.65. The number of thiazole rings is 1. The topological polar surface area (TPSA) is 75.3 Å². The summed E-state index contributed by atoms with van der Waals surface area (Å²) in [6, 6.07) is 8.17. The van der Waals surface area contributed by atoms with Crippen molar-refractivity contribution in [3.05, 3.63) is 57.9 Å². The van der Waals surface area contributed by atoms with Gasteiger partial charge in [-0.2, -0.15) is 0 Å². The van der Waals surface area contributed by atoms with Crippen LogP contribution in [0.5, 0.6) is 0 Å². The average molecular weight is 384 g/mol. The summed E-state index contributed by atoms with van der Waals surface area (Å²) in [5, 5.41) is 7.61. The molecular weight excluding hydrogens is 358 g/mol. The molecule has 0 spiro atoms. The molecule has 27 heavy (non-hydrogen) atoms. The van der Waals surface area contributed by atoms with E-state index in [1.165, 1.54) is 10.4 Å². The molecule has 0 aliphatic heterocycles. The number of guanidine groups is 1. The fourth-order valence-corrected chi connectivity index (χ4v) is 3.23. The fraction of sp³-hybridized carbons (Fsp3) is 0.350. The summed E-state index contributed by atoms with van der Waals surface area (Å²) < 4.78 is 5.61. The molecule has 0 saturated heterocycles. The van der Waals surface area contributed by atoms with E-state index in [9.17, 15) is 0 Å². The number of aliphatic imine (C=N–C) groups is 1. The van der Waals surface area contributed by atoms with Crippen LogP contribution in [-0.2, 0) is 13.0 Å². The number of aryl methyl sites for hydroxylation is 2. The van der Waals surface area contributed by atoms with Crippen LogP contribution in [0.4, 0.5) is 0 Å². The zero-order chi connectivity index (χ0) is 19.1. The predicted molar refractivity (Wildman–Crippen MR) is 110 cm³/mol. The van der Waals surface area contributed by atoms with Crippen molar-refractivity contribution in [1.29, 1.82) is 0 Å². The summed E-state index contributed by atoms with van der Waals surface area (Å²) in [5.41, 5.74) is 3.14. The van der Waals surface area contributed by atoms with Crippen LogP contribution in [0.25, 0.3) is 11.5 Å². The van der Waals surface area contributed by atoms with E-state index in [4.69, 9.17) is 4.42 Å². The molecule has 6 nitrogen and oxygen atoms in total. The van der Waals surface area contributed by atoms with Crippen molar-refractivity contribution >= 4 is 17.3 Å². The average Bonchev–Trinajstić information content (AvgIpc) is 3.29. The molecule has 2 aromatic heterocycles. The Morgan fingerprint density at radius 2 is 2.00 bits per heavy atom. The van der Waals surface area contributed by atoms with Crippen molar-refractivity contribution in [2.45, 2.75) is 33.7 Å². The highest BCUT2D eigenvalue weighted by Gasteiger charge is 2.07. The van der Waals surface area contributed by atoms with Crippen LogP contribution in [0.3, 0.4) is 0 Å². The van der Waals surface area contributed by atoms with Gasteiger partial charge in [-0.1, -0.05) is 17.7 Å². The second kappa shape index (κ2) is 9.32. The fourth-order valence-electron chi connectivity index (χ4n) is 2.52. The highest BCUT2D eigenvalue weighted by atomic mass is 32.1. The van der Waals surface area contributed by atoms with Gasteiger partial charge in [-0.05, 0) is 32.9 Å². The monoisotopic (exact) mass is 383 g/mol.